The van der Waals surface area contributed by atoms with E-state index in [1.165, 1.54) is 19.3 Å². The Morgan fingerprint density at radius 1 is 1.25 bits per heavy atom. The highest BCUT2D eigenvalue weighted by atomic mass is 16.2. The molecule has 0 atom stereocenters. The molecule has 2 rings (SSSR count). The molecular weight excluding hydrogens is 252 g/mol. The molecule has 1 aliphatic rings. The standard InChI is InChI=1S/C15H22N4O/c1-19(13-9-7-11(8-10-13)14(16)17)15(20)18-12-5-3-2-4-6-12/h7-10,12H,2-6H2,1H3,(H3,16,17)(H,18,20). The van der Waals surface area contributed by atoms with Crippen molar-refractivity contribution in [2.45, 2.75) is 38.1 Å². The number of rotatable bonds is 3. The van der Waals surface area contributed by atoms with Gasteiger partial charge in [0.15, 0.2) is 0 Å². The van der Waals surface area contributed by atoms with Crippen molar-refractivity contribution in [3.8, 4) is 0 Å². The fraction of sp³-hybridized carbons (Fsp3) is 0.467. The summed E-state index contributed by atoms with van der Waals surface area (Å²) in [5, 5.41) is 10.4. The molecule has 108 valence electrons. The lowest BCUT2D eigenvalue weighted by atomic mass is 9.96. The Balaban J connectivity index is 1.96. The number of nitrogens with two attached hydrogens (primary N) is 1. The predicted octanol–water partition coefficient (Wildman–Crippen LogP) is 2.45. The normalized spacial score (nSPS) is 15.7. The number of urea groups is 1. The van der Waals surface area contributed by atoms with Crippen LogP contribution >= 0.6 is 0 Å². The Bertz CT molecular complexity index is 477. The van der Waals surface area contributed by atoms with E-state index in [9.17, 15) is 4.79 Å². The molecule has 5 nitrogen and oxygen atoms in total. The van der Waals surface area contributed by atoms with Gasteiger partial charge in [-0.3, -0.25) is 10.3 Å². The van der Waals surface area contributed by atoms with Gasteiger partial charge in [-0.05, 0) is 37.1 Å². The fourth-order valence-corrected chi connectivity index (χ4v) is 2.50. The van der Waals surface area contributed by atoms with Crippen LogP contribution in [0.2, 0.25) is 0 Å². The maximum Gasteiger partial charge on any atom is 0.321 e. The second-order valence-corrected chi connectivity index (χ2v) is 5.30. The quantitative estimate of drug-likeness (QED) is 0.584. The Morgan fingerprint density at radius 2 is 1.85 bits per heavy atom. The van der Waals surface area contributed by atoms with Gasteiger partial charge in [-0.25, -0.2) is 4.79 Å². The third-order valence-corrected chi connectivity index (χ3v) is 3.80. The van der Waals surface area contributed by atoms with E-state index in [0.29, 0.717) is 11.6 Å². The van der Waals surface area contributed by atoms with Crippen LogP contribution < -0.4 is 16.0 Å². The topological polar surface area (TPSA) is 82.2 Å². The smallest absolute Gasteiger partial charge is 0.321 e. The van der Waals surface area contributed by atoms with Crippen LogP contribution in [0, 0.1) is 5.41 Å². The van der Waals surface area contributed by atoms with Crippen LogP contribution in [0.3, 0.4) is 0 Å². The molecule has 0 spiro atoms. The number of benzene rings is 1. The van der Waals surface area contributed by atoms with Crippen LogP contribution in [0.25, 0.3) is 0 Å². The summed E-state index contributed by atoms with van der Waals surface area (Å²) in [4.78, 5) is 13.8. The third-order valence-electron chi connectivity index (χ3n) is 3.80. The number of anilines is 1. The van der Waals surface area contributed by atoms with E-state index in [1.54, 1.807) is 36.2 Å². The molecule has 1 saturated carbocycles. The average Bonchev–Trinajstić information content (AvgIpc) is 2.47. The van der Waals surface area contributed by atoms with Gasteiger partial charge < -0.3 is 11.1 Å². The van der Waals surface area contributed by atoms with Crippen LogP contribution in [0.4, 0.5) is 10.5 Å². The van der Waals surface area contributed by atoms with Crippen molar-refractivity contribution in [1.82, 2.24) is 5.32 Å². The van der Waals surface area contributed by atoms with Crippen molar-refractivity contribution >= 4 is 17.6 Å². The number of nitrogens with zero attached hydrogens (tertiary/aromatic N) is 1. The maximum atomic E-state index is 12.2. The number of amidine groups is 1. The van der Waals surface area contributed by atoms with Crippen molar-refractivity contribution in [1.29, 1.82) is 5.41 Å². The second-order valence-electron chi connectivity index (χ2n) is 5.30. The van der Waals surface area contributed by atoms with Crippen LogP contribution in [0.15, 0.2) is 24.3 Å². The Kier molecular flexibility index (Phi) is 4.61. The molecule has 2 amide bonds. The van der Waals surface area contributed by atoms with Gasteiger partial charge in [0.05, 0.1) is 0 Å². The number of carbonyl (C=O) groups is 1. The van der Waals surface area contributed by atoms with Crippen LogP contribution in [-0.2, 0) is 0 Å². The molecule has 0 heterocycles. The molecule has 0 saturated heterocycles. The lowest BCUT2D eigenvalue weighted by Gasteiger charge is -2.26. The second kappa shape index (κ2) is 6.41. The molecule has 0 aliphatic heterocycles. The lowest BCUT2D eigenvalue weighted by Crippen LogP contribution is -2.43. The lowest BCUT2D eigenvalue weighted by molar-refractivity contribution is 0.239. The highest BCUT2D eigenvalue weighted by Crippen LogP contribution is 2.19. The van der Waals surface area contributed by atoms with Crippen molar-refractivity contribution in [3.05, 3.63) is 29.8 Å². The van der Waals surface area contributed by atoms with Gasteiger partial charge in [-0.1, -0.05) is 19.3 Å². The summed E-state index contributed by atoms with van der Waals surface area (Å²) in [6.45, 7) is 0. The van der Waals surface area contributed by atoms with Crippen molar-refractivity contribution in [2.24, 2.45) is 5.73 Å². The predicted molar refractivity (Wildman–Crippen MR) is 81.3 cm³/mol. The summed E-state index contributed by atoms with van der Waals surface area (Å²) in [6.07, 6.45) is 5.81. The molecule has 1 aromatic rings. The number of hydrogen-bond donors (Lipinski definition) is 3. The molecule has 0 bridgehead atoms. The van der Waals surface area contributed by atoms with E-state index < -0.39 is 0 Å². The van der Waals surface area contributed by atoms with Crippen LogP contribution in [-0.4, -0.2) is 25.0 Å². The number of carbonyl (C=O) groups excluding carboxylic acids is 1. The monoisotopic (exact) mass is 274 g/mol. The summed E-state index contributed by atoms with van der Waals surface area (Å²) in [7, 11) is 1.75. The SMILES string of the molecule is CN(C(=O)NC1CCCCC1)c1ccc(C(=N)N)cc1. The molecule has 1 aliphatic carbocycles. The first-order chi connectivity index (χ1) is 9.58. The molecule has 4 N–H and O–H groups in total. The van der Waals surface area contributed by atoms with Gasteiger partial charge in [0.25, 0.3) is 0 Å². The van der Waals surface area contributed by atoms with Gasteiger partial charge in [-0.2, -0.15) is 0 Å². The summed E-state index contributed by atoms with van der Waals surface area (Å²) >= 11 is 0. The number of amides is 2. The van der Waals surface area contributed by atoms with E-state index in [2.05, 4.69) is 5.32 Å². The minimum absolute atomic E-state index is 0.0332. The average molecular weight is 274 g/mol. The van der Waals surface area contributed by atoms with Crippen molar-refractivity contribution in [3.63, 3.8) is 0 Å². The number of nitrogen functional groups attached to an aromatic ring is 1. The zero-order valence-corrected chi connectivity index (χ0v) is 11.9. The summed E-state index contributed by atoms with van der Waals surface area (Å²) in [5.74, 6) is 0.0332. The van der Waals surface area contributed by atoms with E-state index in [1.807, 2.05) is 0 Å². The van der Waals surface area contributed by atoms with E-state index in [0.717, 1.165) is 18.5 Å². The van der Waals surface area contributed by atoms with Crippen LogP contribution in [0.1, 0.15) is 37.7 Å². The first-order valence-corrected chi connectivity index (χ1v) is 7.06. The third kappa shape index (κ3) is 3.50. The molecule has 5 heteroatoms. The summed E-state index contributed by atoms with van der Waals surface area (Å²) < 4.78 is 0. The van der Waals surface area contributed by atoms with E-state index >= 15 is 0 Å². The summed E-state index contributed by atoms with van der Waals surface area (Å²) in [5.41, 5.74) is 6.87. The Labute approximate surface area is 119 Å². The first-order valence-electron chi connectivity index (χ1n) is 7.06. The van der Waals surface area contributed by atoms with Gasteiger partial charge in [-0.15, -0.1) is 0 Å². The van der Waals surface area contributed by atoms with Crippen molar-refractivity contribution < 1.29 is 4.79 Å². The van der Waals surface area contributed by atoms with Gasteiger partial charge in [0.2, 0.25) is 0 Å². The highest BCUT2D eigenvalue weighted by Gasteiger charge is 2.18. The fourth-order valence-electron chi connectivity index (χ4n) is 2.50. The minimum Gasteiger partial charge on any atom is -0.384 e. The van der Waals surface area contributed by atoms with Gasteiger partial charge >= 0.3 is 6.03 Å². The highest BCUT2D eigenvalue weighted by molar-refractivity contribution is 5.96. The molecule has 20 heavy (non-hydrogen) atoms. The molecule has 1 fully saturated rings. The van der Waals surface area contributed by atoms with E-state index in [-0.39, 0.29) is 11.9 Å². The molecule has 1 aromatic carbocycles. The first kappa shape index (κ1) is 14.4. The number of nitrogens with one attached hydrogen (secondary N) is 2. The molecular formula is C15H22N4O. The maximum absolute atomic E-state index is 12.2. The zero-order valence-electron chi connectivity index (χ0n) is 11.9. The molecule has 0 aromatic heterocycles. The molecule has 0 radical (unpaired) electrons. The zero-order chi connectivity index (χ0) is 14.5. The Morgan fingerprint density at radius 3 is 2.40 bits per heavy atom. The molecule has 0 unspecified atom stereocenters. The number of hydrogen-bond acceptors (Lipinski definition) is 2. The van der Waals surface area contributed by atoms with Crippen LogP contribution in [0.5, 0.6) is 0 Å². The largest absolute Gasteiger partial charge is 0.384 e. The minimum atomic E-state index is -0.0764. The van der Waals surface area contributed by atoms with Gasteiger partial charge in [0, 0.05) is 24.3 Å². The van der Waals surface area contributed by atoms with Gasteiger partial charge in [0.1, 0.15) is 5.84 Å². The summed E-state index contributed by atoms with van der Waals surface area (Å²) in [6, 6.07) is 7.33. The van der Waals surface area contributed by atoms with E-state index in [4.69, 9.17) is 11.1 Å². The van der Waals surface area contributed by atoms with Crippen molar-refractivity contribution in [2.75, 3.05) is 11.9 Å². The Hall–Kier alpha value is -2.04.